The first kappa shape index (κ1) is 20.9. The highest BCUT2D eigenvalue weighted by Gasteiger charge is 2.32. The number of sulfonamides is 1. The van der Waals surface area contributed by atoms with Crippen LogP contribution in [0, 0.1) is 13.8 Å². The first-order valence-corrected chi connectivity index (χ1v) is 11.1. The molecule has 1 aliphatic heterocycles. The van der Waals surface area contributed by atoms with Crippen molar-refractivity contribution in [3.63, 3.8) is 0 Å². The largest absolute Gasteiger partial charge is 0.452 e. The minimum Gasteiger partial charge on any atom is -0.452 e. The number of fused-ring (bicyclic) bond motifs is 1. The smallest absolute Gasteiger partial charge is 0.338 e. The Kier molecular flexibility index (Phi) is 5.66. The Balaban J connectivity index is 1.66. The first-order chi connectivity index (χ1) is 13.6. The molecule has 1 aliphatic rings. The van der Waals surface area contributed by atoms with Gasteiger partial charge in [-0.15, -0.1) is 0 Å². The summed E-state index contributed by atoms with van der Waals surface area (Å²) >= 11 is 0. The Morgan fingerprint density at radius 3 is 2.59 bits per heavy atom. The minimum absolute atomic E-state index is 0.213. The third kappa shape index (κ3) is 4.59. The quantitative estimate of drug-likeness (QED) is 0.757. The van der Waals surface area contributed by atoms with Gasteiger partial charge in [0.1, 0.15) is 0 Å². The molecule has 0 saturated heterocycles. The molecule has 0 aromatic heterocycles. The van der Waals surface area contributed by atoms with Gasteiger partial charge in [-0.25, -0.2) is 13.2 Å². The molecule has 0 fully saturated rings. The third-order valence-corrected chi connectivity index (χ3v) is 6.10. The number of ether oxygens (including phenoxy) is 1. The van der Waals surface area contributed by atoms with Crippen LogP contribution in [-0.4, -0.2) is 39.2 Å². The zero-order valence-corrected chi connectivity index (χ0v) is 17.7. The zero-order chi connectivity index (χ0) is 21.3. The molecule has 0 radical (unpaired) electrons. The summed E-state index contributed by atoms with van der Waals surface area (Å²) < 4.78 is 30.5. The number of nitrogens with zero attached hydrogens (tertiary/aromatic N) is 1. The van der Waals surface area contributed by atoms with Gasteiger partial charge in [-0.1, -0.05) is 12.1 Å². The number of amides is 1. The van der Waals surface area contributed by atoms with Crippen molar-refractivity contribution in [1.29, 1.82) is 0 Å². The van der Waals surface area contributed by atoms with Gasteiger partial charge >= 0.3 is 5.97 Å². The van der Waals surface area contributed by atoms with Crippen LogP contribution in [0.1, 0.15) is 34.0 Å². The number of rotatable bonds is 5. The molecule has 1 heterocycles. The molecule has 2 aromatic rings. The van der Waals surface area contributed by atoms with E-state index in [0.717, 1.165) is 22.9 Å². The summed E-state index contributed by atoms with van der Waals surface area (Å²) in [4.78, 5) is 24.5. The van der Waals surface area contributed by atoms with Gasteiger partial charge in [0, 0.05) is 11.7 Å². The van der Waals surface area contributed by atoms with Gasteiger partial charge in [0.15, 0.2) is 6.61 Å². The molecular formula is C21H24N2O5S. The standard InChI is InChI=1S/C21H24N2O5S/c1-13-5-6-14(2)18(9-13)22-20(24)12-28-21(25)16-7-8-19-17(11-16)10-15(3)23(19)29(4,26)27/h5-9,11,15H,10,12H2,1-4H3,(H,22,24)/t15-/m1/s1. The van der Waals surface area contributed by atoms with Crippen LogP contribution in [0.25, 0.3) is 0 Å². The maximum absolute atomic E-state index is 12.3. The highest BCUT2D eigenvalue weighted by Crippen LogP contribution is 2.34. The van der Waals surface area contributed by atoms with Crippen LogP contribution in [0.2, 0.25) is 0 Å². The van der Waals surface area contributed by atoms with E-state index < -0.39 is 28.5 Å². The minimum atomic E-state index is -3.39. The lowest BCUT2D eigenvalue weighted by molar-refractivity contribution is -0.119. The Morgan fingerprint density at radius 2 is 1.90 bits per heavy atom. The molecule has 2 aromatic carbocycles. The van der Waals surface area contributed by atoms with Gasteiger partial charge in [0.2, 0.25) is 10.0 Å². The van der Waals surface area contributed by atoms with Crippen molar-refractivity contribution in [2.75, 3.05) is 22.5 Å². The number of nitrogens with one attached hydrogen (secondary N) is 1. The molecule has 0 aliphatic carbocycles. The first-order valence-electron chi connectivity index (χ1n) is 9.23. The molecule has 3 rings (SSSR count). The van der Waals surface area contributed by atoms with E-state index in [2.05, 4.69) is 5.32 Å². The second-order valence-electron chi connectivity index (χ2n) is 7.40. The highest BCUT2D eigenvalue weighted by molar-refractivity contribution is 7.92. The number of aryl methyl sites for hydroxylation is 2. The Hall–Kier alpha value is -2.87. The van der Waals surface area contributed by atoms with Crippen molar-refractivity contribution < 1.29 is 22.7 Å². The molecule has 1 amide bonds. The average molecular weight is 416 g/mol. The van der Waals surface area contributed by atoms with Crippen molar-refractivity contribution in [3.8, 4) is 0 Å². The van der Waals surface area contributed by atoms with Crippen molar-refractivity contribution in [2.24, 2.45) is 0 Å². The number of hydrogen-bond acceptors (Lipinski definition) is 5. The van der Waals surface area contributed by atoms with Crippen LogP contribution in [0.5, 0.6) is 0 Å². The number of hydrogen-bond donors (Lipinski definition) is 1. The summed E-state index contributed by atoms with van der Waals surface area (Å²) in [6, 6.07) is 10.2. The van der Waals surface area contributed by atoms with E-state index in [-0.39, 0.29) is 11.6 Å². The molecular weight excluding hydrogens is 392 g/mol. The normalized spacial score (nSPS) is 15.7. The molecule has 0 spiro atoms. The summed E-state index contributed by atoms with van der Waals surface area (Å²) in [6.07, 6.45) is 1.67. The van der Waals surface area contributed by atoms with Crippen LogP contribution in [-0.2, 0) is 26.0 Å². The van der Waals surface area contributed by atoms with Gasteiger partial charge < -0.3 is 10.1 Å². The molecule has 1 N–H and O–H groups in total. The molecule has 8 heteroatoms. The maximum atomic E-state index is 12.3. The van der Waals surface area contributed by atoms with Crippen LogP contribution in [0.15, 0.2) is 36.4 Å². The number of anilines is 2. The van der Waals surface area contributed by atoms with Crippen LogP contribution < -0.4 is 9.62 Å². The fourth-order valence-corrected chi connectivity index (χ4v) is 4.77. The van der Waals surface area contributed by atoms with Crippen molar-refractivity contribution >= 4 is 33.3 Å². The number of carbonyl (C=O) groups excluding carboxylic acids is 2. The van der Waals surface area contributed by atoms with Gasteiger partial charge in [-0.05, 0) is 68.1 Å². The summed E-state index contributed by atoms with van der Waals surface area (Å²) in [5.41, 5.74) is 4.22. The van der Waals surface area contributed by atoms with Gasteiger partial charge in [0.25, 0.3) is 5.91 Å². The molecule has 0 bridgehead atoms. The number of esters is 1. The van der Waals surface area contributed by atoms with E-state index in [0.29, 0.717) is 17.8 Å². The SMILES string of the molecule is Cc1ccc(C)c(NC(=O)COC(=O)c2ccc3c(c2)C[C@@H](C)N3S(C)(=O)=O)c1. The third-order valence-electron chi connectivity index (χ3n) is 4.83. The molecule has 0 saturated carbocycles. The van der Waals surface area contributed by atoms with Crippen LogP contribution in [0.4, 0.5) is 11.4 Å². The zero-order valence-electron chi connectivity index (χ0n) is 16.9. The fraction of sp³-hybridized carbons (Fsp3) is 0.333. The lowest BCUT2D eigenvalue weighted by atomic mass is 10.1. The topological polar surface area (TPSA) is 92.8 Å². The second-order valence-corrected chi connectivity index (χ2v) is 9.26. The van der Waals surface area contributed by atoms with E-state index in [1.807, 2.05) is 39.0 Å². The molecule has 29 heavy (non-hydrogen) atoms. The van der Waals surface area contributed by atoms with Gasteiger partial charge in [0.05, 0.1) is 17.5 Å². The lowest BCUT2D eigenvalue weighted by Crippen LogP contribution is -2.34. The van der Waals surface area contributed by atoms with E-state index >= 15 is 0 Å². The predicted octanol–water partition coefficient (Wildman–Crippen LogP) is 2.81. The molecule has 154 valence electrons. The summed E-state index contributed by atoms with van der Waals surface area (Å²) in [5, 5.41) is 2.74. The summed E-state index contributed by atoms with van der Waals surface area (Å²) in [5.74, 6) is -1.06. The van der Waals surface area contributed by atoms with E-state index in [1.165, 1.54) is 10.4 Å². The van der Waals surface area contributed by atoms with Crippen LogP contribution >= 0.6 is 0 Å². The van der Waals surface area contributed by atoms with Crippen molar-refractivity contribution in [2.45, 2.75) is 33.2 Å². The molecule has 7 nitrogen and oxygen atoms in total. The summed E-state index contributed by atoms with van der Waals surface area (Å²) in [6.45, 7) is 5.22. The van der Waals surface area contributed by atoms with E-state index in [4.69, 9.17) is 4.74 Å². The van der Waals surface area contributed by atoms with Gasteiger partial charge in [-0.2, -0.15) is 0 Å². The highest BCUT2D eigenvalue weighted by atomic mass is 32.2. The summed E-state index contributed by atoms with van der Waals surface area (Å²) in [7, 11) is -3.39. The van der Waals surface area contributed by atoms with E-state index in [9.17, 15) is 18.0 Å². The second kappa shape index (κ2) is 7.87. The molecule has 0 unspecified atom stereocenters. The monoisotopic (exact) mass is 416 g/mol. The average Bonchev–Trinajstić information content (AvgIpc) is 2.97. The molecule has 1 atom stereocenters. The number of benzene rings is 2. The maximum Gasteiger partial charge on any atom is 0.338 e. The lowest BCUT2D eigenvalue weighted by Gasteiger charge is -2.21. The number of carbonyl (C=O) groups is 2. The Labute approximate surface area is 170 Å². The van der Waals surface area contributed by atoms with Crippen LogP contribution in [0.3, 0.4) is 0 Å². The Morgan fingerprint density at radius 1 is 1.17 bits per heavy atom. The van der Waals surface area contributed by atoms with Crippen molar-refractivity contribution in [3.05, 3.63) is 58.7 Å². The Bertz CT molecular complexity index is 1080. The predicted molar refractivity (Wildman–Crippen MR) is 112 cm³/mol. The van der Waals surface area contributed by atoms with Crippen molar-refractivity contribution in [1.82, 2.24) is 0 Å². The fourth-order valence-electron chi connectivity index (χ4n) is 3.51. The van der Waals surface area contributed by atoms with E-state index in [1.54, 1.807) is 12.1 Å². The van der Waals surface area contributed by atoms with Gasteiger partial charge in [-0.3, -0.25) is 9.10 Å².